The Morgan fingerprint density at radius 2 is 1.82 bits per heavy atom. The molecule has 1 saturated heterocycles. The quantitative estimate of drug-likeness (QED) is 0.543. The lowest BCUT2D eigenvalue weighted by atomic mass is 10.00. The van der Waals surface area contributed by atoms with Crippen LogP contribution in [-0.4, -0.2) is 36.3 Å². The minimum Gasteiger partial charge on any atom is -0.492 e. The summed E-state index contributed by atoms with van der Waals surface area (Å²) < 4.78 is 11.5. The van der Waals surface area contributed by atoms with Crippen LogP contribution in [0.25, 0.3) is 11.6 Å². The maximum Gasteiger partial charge on any atom is 0.167 e. The van der Waals surface area contributed by atoms with Crippen LogP contribution < -0.4 is 4.74 Å². The summed E-state index contributed by atoms with van der Waals surface area (Å²) in [5.74, 6) is 1.67. The summed E-state index contributed by atoms with van der Waals surface area (Å²) in [6.07, 6.45) is 4.75. The largest absolute Gasteiger partial charge is 0.492 e. The second kappa shape index (κ2) is 8.89. The third-order valence-electron chi connectivity index (χ3n) is 5.04. The number of rotatable bonds is 7. The lowest BCUT2D eigenvalue weighted by Crippen LogP contribution is -2.25. The van der Waals surface area contributed by atoms with Crippen molar-refractivity contribution in [1.82, 2.24) is 10.1 Å². The number of nitrogens with zero attached hydrogens (tertiary/aromatic N) is 2. The predicted molar refractivity (Wildman–Crippen MR) is 112 cm³/mol. The van der Waals surface area contributed by atoms with E-state index in [9.17, 15) is 0 Å². The Kier molecular flexibility index (Phi) is 5.88. The first-order valence-electron chi connectivity index (χ1n) is 9.94. The number of aromatic nitrogens is 1. The molecule has 0 aliphatic carbocycles. The van der Waals surface area contributed by atoms with Crippen molar-refractivity contribution < 1.29 is 9.26 Å². The van der Waals surface area contributed by atoms with Gasteiger partial charge in [0.05, 0.1) is 5.69 Å². The maximum atomic E-state index is 5.93. The van der Waals surface area contributed by atoms with Gasteiger partial charge in [-0.1, -0.05) is 47.6 Å². The molecular formula is C24H26N2O2. The van der Waals surface area contributed by atoms with Crippen molar-refractivity contribution in [2.45, 2.75) is 19.8 Å². The number of benzene rings is 2. The molecule has 0 bridgehead atoms. The van der Waals surface area contributed by atoms with E-state index in [1.165, 1.54) is 25.9 Å². The molecule has 0 unspecified atom stereocenters. The number of hydrogen-bond donors (Lipinski definition) is 0. The van der Waals surface area contributed by atoms with Gasteiger partial charge >= 0.3 is 0 Å². The molecule has 2 heterocycles. The van der Waals surface area contributed by atoms with Gasteiger partial charge in [-0.05, 0) is 62.2 Å². The van der Waals surface area contributed by atoms with Gasteiger partial charge in [0.1, 0.15) is 12.4 Å². The highest BCUT2D eigenvalue weighted by molar-refractivity contribution is 5.89. The highest BCUT2D eigenvalue weighted by atomic mass is 16.5. The second-order valence-corrected chi connectivity index (χ2v) is 7.22. The average molecular weight is 374 g/mol. The second-order valence-electron chi connectivity index (χ2n) is 7.22. The normalized spacial score (nSPS) is 15.1. The molecule has 1 fully saturated rings. The fourth-order valence-corrected chi connectivity index (χ4v) is 3.53. The first-order valence-corrected chi connectivity index (χ1v) is 9.94. The Morgan fingerprint density at radius 3 is 2.50 bits per heavy atom. The molecule has 0 atom stereocenters. The first-order chi connectivity index (χ1) is 13.8. The zero-order chi connectivity index (χ0) is 19.2. The van der Waals surface area contributed by atoms with E-state index < -0.39 is 0 Å². The molecule has 28 heavy (non-hydrogen) atoms. The average Bonchev–Trinajstić information content (AvgIpc) is 3.39. The van der Waals surface area contributed by atoms with Gasteiger partial charge in [-0.2, -0.15) is 0 Å². The van der Waals surface area contributed by atoms with Crippen molar-refractivity contribution in [3.8, 4) is 5.75 Å². The lowest BCUT2D eigenvalue weighted by molar-refractivity contribution is 0.238. The zero-order valence-electron chi connectivity index (χ0n) is 16.3. The molecule has 0 N–H and O–H groups in total. The molecule has 1 aliphatic rings. The molecule has 4 nitrogen and oxygen atoms in total. The third-order valence-corrected chi connectivity index (χ3v) is 5.04. The third kappa shape index (κ3) is 4.70. The number of hydrogen-bond acceptors (Lipinski definition) is 4. The smallest absolute Gasteiger partial charge is 0.167 e. The molecule has 0 radical (unpaired) electrons. The van der Waals surface area contributed by atoms with Crippen LogP contribution in [0.1, 0.15) is 35.4 Å². The van der Waals surface area contributed by atoms with Crippen LogP contribution in [0.4, 0.5) is 0 Å². The van der Waals surface area contributed by atoms with Crippen LogP contribution in [0.5, 0.6) is 5.75 Å². The van der Waals surface area contributed by atoms with Gasteiger partial charge in [0.2, 0.25) is 0 Å². The van der Waals surface area contributed by atoms with Crippen molar-refractivity contribution in [3.63, 3.8) is 0 Å². The van der Waals surface area contributed by atoms with Crippen molar-refractivity contribution in [3.05, 3.63) is 83.2 Å². The summed E-state index contributed by atoms with van der Waals surface area (Å²) in [5, 5.41) is 4.06. The van der Waals surface area contributed by atoms with Crippen molar-refractivity contribution in [1.29, 1.82) is 0 Å². The molecule has 2 aromatic carbocycles. The summed E-state index contributed by atoms with van der Waals surface area (Å²) >= 11 is 0. The highest BCUT2D eigenvalue weighted by Gasteiger charge is 2.12. The van der Waals surface area contributed by atoms with Crippen molar-refractivity contribution in [2.75, 3.05) is 26.2 Å². The molecule has 4 rings (SSSR count). The van der Waals surface area contributed by atoms with Crippen LogP contribution in [-0.2, 0) is 0 Å². The summed E-state index contributed by atoms with van der Waals surface area (Å²) in [7, 11) is 0. The Morgan fingerprint density at radius 1 is 1.07 bits per heavy atom. The Bertz CT molecular complexity index is 907. The fraction of sp³-hybridized carbons (Fsp3) is 0.292. The van der Waals surface area contributed by atoms with Crippen LogP contribution in [0.3, 0.4) is 0 Å². The molecule has 1 aliphatic heterocycles. The van der Waals surface area contributed by atoms with Gasteiger partial charge in [0.15, 0.2) is 5.76 Å². The molecule has 144 valence electrons. The highest BCUT2D eigenvalue weighted by Crippen LogP contribution is 2.28. The Hall–Kier alpha value is -2.85. The number of ether oxygens (including phenoxy) is 1. The lowest BCUT2D eigenvalue weighted by Gasteiger charge is -2.15. The molecule has 0 saturated carbocycles. The first kappa shape index (κ1) is 18.5. The minimum absolute atomic E-state index is 0.730. The van der Waals surface area contributed by atoms with Crippen molar-refractivity contribution in [2.24, 2.45) is 0 Å². The molecule has 4 heteroatoms. The van der Waals surface area contributed by atoms with Gasteiger partial charge in [-0.3, -0.25) is 4.90 Å². The summed E-state index contributed by atoms with van der Waals surface area (Å²) in [5.41, 5.74) is 4.08. The van der Waals surface area contributed by atoms with Crippen LogP contribution >= 0.6 is 0 Å². The van der Waals surface area contributed by atoms with E-state index in [-0.39, 0.29) is 0 Å². The van der Waals surface area contributed by atoms with E-state index in [0.717, 1.165) is 47.1 Å². The van der Waals surface area contributed by atoms with Gasteiger partial charge in [0, 0.05) is 18.2 Å². The van der Waals surface area contributed by atoms with E-state index in [0.29, 0.717) is 0 Å². The van der Waals surface area contributed by atoms with Gasteiger partial charge < -0.3 is 9.26 Å². The van der Waals surface area contributed by atoms with E-state index in [2.05, 4.69) is 40.4 Å². The van der Waals surface area contributed by atoms with Crippen LogP contribution in [0, 0.1) is 6.92 Å². The zero-order valence-corrected chi connectivity index (χ0v) is 16.3. The Labute approximate surface area is 166 Å². The van der Waals surface area contributed by atoms with Crippen molar-refractivity contribution >= 4 is 11.6 Å². The van der Waals surface area contributed by atoms with Crippen LogP contribution in [0.15, 0.2) is 65.2 Å². The molecule has 0 amide bonds. The number of likely N-dealkylation sites (tertiary alicyclic amines) is 1. The molecule has 0 spiro atoms. The van der Waals surface area contributed by atoms with Gasteiger partial charge in [-0.25, -0.2) is 0 Å². The monoisotopic (exact) mass is 374 g/mol. The fourth-order valence-electron chi connectivity index (χ4n) is 3.53. The van der Waals surface area contributed by atoms with Gasteiger partial charge in [-0.15, -0.1) is 0 Å². The summed E-state index contributed by atoms with van der Waals surface area (Å²) in [6, 6.07) is 20.4. The molecule has 3 aromatic rings. The molecule has 1 aromatic heterocycles. The summed E-state index contributed by atoms with van der Waals surface area (Å²) in [6.45, 7) is 6.06. The maximum absolute atomic E-state index is 5.93. The standard InChI is InChI=1S/C24H26N2O2/c1-19-17-24(28-25-19)23(18-20-7-3-2-4-8-20)21-9-11-22(12-10-21)27-16-15-26-13-5-6-14-26/h2-4,7-12,17-18H,5-6,13-16H2,1H3/b23-18+. The Balaban J connectivity index is 1.50. The number of aryl methyl sites for hydroxylation is 1. The van der Waals surface area contributed by atoms with Crippen LogP contribution in [0.2, 0.25) is 0 Å². The SMILES string of the molecule is Cc1cc(/C(=C/c2ccccc2)c2ccc(OCCN3CCCC3)cc2)on1. The minimum atomic E-state index is 0.730. The topological polar surface area (TPSA) is 38.5 Å². The molecular weight excluding hydrogens is 348 g/mol. The van der Waals surface area contributed by atoms with E-state index >= 15 is 0 Å². The van der Waals surface area contributed by atoms with Gasteiger partial charge in [0.25, 0.3) is 0 Å². The van der Waals surface area contributed by atoms with E-state index in [1.807, 2.05) is 43.3 Å². The van der Waals surface area contributed by atoms with E-state index in [1.54, 1.807) is 0 Å². The van der Waals surface area contributed by atoms with E-state index in [4.69, 9.17) is 9.26 Å². The predicted octanol–water partition coefficient (Wildman–Crippen LogP) is 5.05. The summed E-state index contributed by atoms with van der Waals surface area (Å²) in [4.78, 5) is 2.46.